The molecule has 2 heterocycles. The van der Waals surface area contributed by atoms with E-state index in [2.05, 4.69) is 15.3 Å². The zero-order valence-electron chi connectivity index (χ0n) is 15.3. The average molecular weight is 382 g/mol. The van der Waals surface area contributed by atoms with Crippen LogP contribution in [0.4, 0.5) is 4.79 Å². The van der Waals surface area contributed by atoms with Crippen molar-refractivity contribution in [1.29, 1.82) is 0 Å². The topological polar surface area (TPSA) is 82.6 Å². The molecule has 0 radical (unpaired) electrons. The number of carbonyl (C=O) groups is 1. The van der Waals surface area contributed by atoms with Gasteiger partial charge >= 0.3 is 6.09 Å². The molecule has 142 valence electrons. The summed E-state index contributed by atoms with van der Waals surface area (Å²) >= 11 is 5.94. The zero-order valence-corrected chi connectivity index (χ0v) is 16.0. The minimum atomic E-state index is -0.506. The van der Waals surface area contributed by atoms with Crippen molar-refractivity contribution in [2.75, 3.05) is 13.2 Å². The molecule has 1 aliphatic carbocycles. The van der Waals surface area contributed by atoms with Crippen molar-refractivity contribution in [3.63, 3.8) is 0 Å². The van der Waals surface area contributed by atoms with Gasteiger partial charge in [0, 0.05) is 25.1 Å². The molecule has 0 bridgehead atoms. The zero-order chi connectivity index (χ0) is 18.7. The first-order valence-electron chi connectivity index (χ1n) is 8.76. The molecule has 1 aromatic heterocycles. The smallest absolute Gasteiger partial charge is 0.407 e. The number of alkyl carbamates (subject to hydrolysis) is 1. The second-order valence-electron chi connectivity index (χ2n) is 7.47. The molecule has 0 saturated heterocycles. The molecule has 0 spiro atoms. The molecule has 3 rings (SSSR count). The van der Waals surface area contributed by atoms with Crippen LogP contribution in [0, 0.1) is 0 Å². The maximum absolute atomic E-state index is 11.8. The standard InChI is InChI=1S/C18H24ClN3O4/c1-18(2,3)26-17(23)21-12-8-13(9-12)25-15-14(10-20-16(19)22-15)11-4-6-24-7-5-11/h4,10,12-13H,5-9H2,1-3H3,(H,21,23). The molecular weight excluding hydrogens is 358 g/mol. The molecule has 7 nitrogen and oxygen atoms in total. The Balaban J connectivity index is 1.57. The number of amides is 1. The number of carbonyl (C=O) groups excluding carboxylic acids is 1. The summed E-state index contributed by atoms with van der Waals surface area (Å²) < 4.78 is 16.6. The molecule has 1 fully saturated rings. The monoisotopic (exact) mass is 381 g/mol. The van der Waals surface area contributed by atoms with Crippen LogP contribution in [0.15, 0.2) is 12.3 Å². The molecule has 1 amide bonds. The molecule has 8 heteroatoms. The van der Waals surface area contributed by atoms with Gasteiger partial charge in [-0.25, -0.2) is 9.78 Å². The van der Waals surface area contributed by atoms with Crippen molar-refractivity contribution in [2.45, 2.75) is 57.8 Å². The number of nitrogens with one attached hydrogen (secondary N) is 1. The average Bonchev–Trinajstić information content (AvgIpc) is 2.52. The first-order valence-corrected chi connectivity index (χ1v) is 9.14. The van der Waals surface area contributed by atoms with Gasteiger partial charge in [-0.2, -0.15) is 4.98 Å². The fourth-order valence-electron chi connectivity index (χ4n) is 2.84. The van der Waals surface area contributed by atoms with Crippen LogP contribution >= 0.6 is 11.6 Å². The number of hydrogen-bond acceptors (Lipinski definition) is 6. The molecule has 1 saturated carbocycles. The number of aromatic nitrogens is 2. The highest BCUT2D eigenvalue weighted by Gasteiger charge is 2.34. The molecule has 1 N–H and O–H groups in total. The molecule has 0 atom stereocenters. The van der Waals surface area contributed by atoms with Gasteiger partial charge in [-0.1, -0.05) is 6.08 Å². The number of ether oxygens (including phenoxy) is 3. The number of hydrogen-bond donors (Lipinski definition) is 1. The Bertz CT molecular complexity index is 696. The SMILES string of the molecule is CC(C)(C)OC(=O)NC1CC(Oc2nc(Cl)ncc2C2=CCOCC2)C1. The molecule has 1 aliphatic heterocycles. The fourth-order valence-corrected chi connectivity index (χ4v) is 2.97. The fraction of sp³-hybridized carbons (Fsp3) is 0.611. The summed E-state index contributed by atoms with van der Waals surface area (Å²) in [6.45, 7) is 6.75. The Labute approximate surface area is 158 Å². The van der Waals surface area contributed by atoms with Crippen LogP contribution in [0.3, 0.4) is 0 Å². The third-order valence-corrected chi connectivity index (χ3v) is 4.31. The van der Waals surface area contributed by atoms with E-state index in [-0.39, 0.29) is 17.4 Å². The molecular formula is C18H24ClN3O4. The van der Waals surface area contributed by atoms with E-state index in [4.69, 9.17) is 25.8 Å². The minimum absolute atomic E-state index is 0.0277. The number of halogens is 1. The lowest BCUT2D eigenvalue weighted by atomic mass is 9.89. The minimum Gasteiger partial charge on any atom is -0.474 e. The van der Waals surface area contributed by atoms with Crippen molar-refractivity contribution in [3.8, 4) is 5.88 Å². The Morgan fingerprint density at radius 2 is 2.15 bits per heavy atom. The van der Waals surface area contributed by atoms with E-state index < -0.39 is 11.7 Å². The highest BCUT2D eigenvalue weighted by atomic mass is 35.5. The van der Waals surface area contributed by atoms with E-state index in [9.17, 15) is 4.79 Å². The van der Waals surface area contributed by atoms with E-state index in [0.29, 0.717) is 31.9 Å². The van der Waals surface area contributed by atoms with Crippen molar-refractivity contribution in [3.05, 3.63) is 23.1 Å². The first-order chi connectivity index (χ1) is 12.3. The predicted molar refractivity (Wildman–Crippen MR) is 97.3 cm³/mol. The van der Waals surface area contributed by atoms with Crippen LogP contribution in [-0.2, 0) is 9.47 Å². The molecule has 0 unspecified atom stereocenters. The van der Waals surface area contributed by atoms with Gasteiger partial charge in [0.05, 0.1) is 18.8 Å². The van der Waals surface area contributed by atoms with Gasteiger partial charge < -0.3 is 19.5 Å². The van der Waals surface area contributed by atoms with E-state index in [1.54, 1.807) is 6.20 Å². The summed E-state index contributed by atoms with van der Waals surface area (Å²) in [7, 11) is 0. The molecule has 2 aliphatic rings. The van der Waals surface area contributed by atoms with Crippen LogP contribution < -0.4 is 10.1 Å². The lowest BCUT2D eigenvalue weighted by Gasteiger charge is -2.36. The van der Waals surface area contributed by atoms with Crippen LogP contribution in [-0.4, -0.2) is 47.0 Å². The second-order valence-corrected chi connectivity index (χ2v) is 7.80. The van der Waals surface area contributed by atoms with E-state index in [0.717, 1.165) is 17.6 Å². The quantitative estimate of drug-likeness (QED) is 0.805. The highest BCUT2D eigenvalue weighted by molar-refractivity contribution is 6.28. The highest BCUT2D eigenvalue weighted by Crippen LogP contribution is 2.32. The summed E-state index contributed by atoms with van der Waals surface area (Å²) in [4.78, 5) is 20.1. The third kappa shape index (κ3) is 5.08. The van der Waals surface area contributed by atoms with Gasteiger partial charge in [0.25, 0.3) is 0 Å². The van der Waals surface area contributed by atoms with Gasteiger partial charge in [-0.3, -0.25) is 0 Å². The summed E-state index contributed by atoms with van der Waals surface area (Å²) in [5.74, 6) is 0.485. The van der Waals surface area contributed by atoms with Crippen molar-refractivity contribution < 1.29 is 19.0 Å². The van der Waals surface area contributed by atoms with Gasteiger partial charge in [0.15, 0.2) is 0 Å². The predicted octanol–water partition coefficient (Wildman–Crippen LogP) is 3.37. The van der Waals surface area contributed by atoms with E-state index >= 15 is 0 Å². The Morgan fingerprint density at radius 3 is 2.81 bits per heavy atom. The van der Waals surface area contributed by atoms with Crippen LogP contribution in [0.25, 0.3) is 5.57 Å². The van der Waals surface area contributed by atoms with E-state index in [1.807, 2.05) is 26.8 Å². The summed E-state index contributed by atoms with van der Waals surface area (Å²) in [6.07, 6.45) is 5.45. The van der Waals surface area contributed by atoms with Crippen LogP contribution in [0.2, 0.25) is 5.28 Å². The van der Waals surface area contributed by atoms with Gasteiger partial charge in [0.1, 0.15) is 11.7 Å². The first kappa shape index (κ1) is 18.9. The molecule has 26 heavy (non-hydrogen) atoms. The Hall–Kier alpha value is -1.86. The summed E-state index contributed by atoms with van der Waals surface area (Å²) in [6, 6.07) is 0.0397. The third-order valence-electron chi connectivity index (χ3n) is 4.13. The van der Waals surface area contributed by atoms with Crippen molar-refractivity contribution in [1.82, 2.24) is 15.3 Å². The van der Waals surface area contributed by atoms with Crippen molar-refractivity contribution >= 4 is 23.3 Å². The molecule has 1 aromatic rings. The van der Waals surface area contributed by atoms with Crippen LogP contribution in [0.5, 0.6) is 5.88 Å². The Kier molecular flexibility index (Phi) is 5.67. The maximum Gasteiger partial charge on any atom is 0.407 e. The van der Waals surface area contributed by atoms with Gasteiger partial charge in [0.2, 0.25) is 11.2 Å². The molecule has 0 aromatic carbocycles. The van der Waals surface area contributed by atoms with Crippen molar-refractivity contribution in [2.24, 2.45) is 0 Å². The Morgan fingerprint density at radius 1 is 1.38 bits per heavy atom. The van der Waals surface area contributed by atoms with Gasteiger partial charge in [-0.15, -0.1) is 0 Å². The second kappa shape index (κ2) is 7.80. The number of rotatable bonds is 4. The lowest BCUT2D eigenvalue weighted by Crippen LogP contribution is -2.50. The summed E-state index contributed by atoms with van der Waals surface area (Å²) in [5.41, 5.74) is 1.44. The maximum atomic E-state index is 11.8. The van der Waals surface area contributed by atoms with Crippen LogP contribution in [0.1, 0.15) is 45.6 Å². The van der Waals surface area contributed by atoms with E-state index in [1.165, 1.54) is 0 Å². The normalized spacial score (nSPS) is 22.8. The number of nitrogens with zero attached hydrogens (tertiary/aromatic N) is 2. The largest absolute Gasteiger partial charge is 0.474 e. The lowest BCUT2D eigenvalue weighted by molar-refractivity contribution is 0.0354. The summed E-state index contributed by atoms with van der Waals surface area (Å²) in [5, 5.41) is 3.00. The van der Waals surface area contributed by atoms with Gasteiger partial charge in [-0.05, 0) is 44.4 Å².